The summed E-state index contributed by atoms with van der Waals surface area (Å²) in [5.41, 5.74) is 1.57. The van der Waals surface area contributed by atoms with Gasteiger partial charge in [0.05, 0.1) is 5.69 Å². The van der Waals surface area contributed by atoms with Crippen molar-refractivity contribution in [3.8, 4) is 0 Å². The van der Waals surface area contributed by atoms with Crippen molar-refractivity contribution in [3.63, 3.8) is 0 Å². The molecule has 1 fully saturated rings. The molecule has 2 unspecified atom stereocenters. The largest absolute Gasteiger partial charge is 0.316 e. The second-order valence-electron chi connectivity index (χ2n) is 6.19. The molecule has 0 bridgehead atoms. The third-order valence-corrected chi connectivity index (χ3v) is 5.77. The summed E-state index contributed by atoms with van der Waals surface area (Å²) in [7, 11) is 0. The highest BCUT2D eigenvalue weighted by Crippen LogP contribution is 2.34. The smallest absolute Gasteiger partial charge is 0.228 e. The molecule has 0 spiro atoms. The molecule has 126 valence electrons. The highest BCUT2D eigenvalue weighted by molar-refractivity contribution is 9.10. The van der Waals surface area contributed by atoms with Gasteiger partial charge in [0.15, 0.2) is 5.78 Å². The summed E-state index contributed by atoms with van der Waals surface area (Å²) in [5.74, 6) is -0.497. The molecule has 24 heavy (non-hydrogen) atoms. The summed E-state index contributed by atoms with van der Waals surface area (Å²) in [4.78, 5) is 25.6. The number of hydrogen-bond acceptors (Lipinski definition) is 4. The van der Waals surface area contributed by atoms with Crippen LogP contribution in [0.5, 0.6) is 0 Å². The highest BCUT2D eigenvalue weighted by atomic mass is 79.9. The van der Waals surface area contributed by atoms with E-state index in [9.17, 15) is 9.59 Å². The average Bonchev–Trinajstić information content (AvgIpc) is 3.00. The number of benzene rings is 1. The number of aromatic nitrogens is 1. The van der Waals surface area contributed by atoms with Gasteiger partial charge in [-0.05, 0) is 49.5 Å². The first-order valence-electron chi connectivity index (χ1n) is 8.08. The number of Topliss-reactive ketones (excluding diaryl/α,β-unsaturated/α-hetero) is 1. The Balaban J connectivity index is 1.76. The van der Waals surface area contributed by atoms with Crippen LogP contribution in [0.25, 0.3) is 0 Å². The van der Waals surface area contributed by atoms with Gasteiger partial charge < -0.3 is 5.32 Å². The lowest BCUT2D eigenvalue weighted by atomic mass is 9.75. The minimum Gasteiger partial charge on any atom is -0.316 e. The van der Waals surface area contributed by atoms with Gasteiger partial charge in [-0.1, -0.05) is 40.9 Å². The second kappa shape index (κ2) is 7.57. The van der Waals surface area contributed by atoms with Crippen LogP contribution in [0.4, 0.5) is 5.00 Å². The van der Waals surface area contributed by atoms with E-state index in [0.717, 1.165) is 40.9 Å². The quantitative estimate of drug-likeness (QED) is 0.738. The Labute approximate surface area is 154 Å². The van der Waals surface area contributed by atoms with E-state index in [-0.39, 0.29) is 23.5 Å². The number of carbonyl (C=O) groups is 2. The van der Waals surface area contributed by atoms with Gasteiger partial charge in [0.25, 0.3) is 0 Å². The Hall–Kier alpha value is -1.53. The monoisotopic (exact) mass is 406 g/mol. The number of carbonyl (C=O) groups excluding carboxylic acids is 2. The van der Waals surface area contributed by atoms with E-state index in [2.05, 4.69) is 25.6 Å². The number of aryl methyl sites for hydroxylation is 1. The summed E-state index contributed by atoms with van der Waals surface area (Å²) in [6, 6.07) is 9.23. The Morgan fingerprint density at radius 2 is 1.83 bits per heavy atom. The molecule has 1 saturated carbocycles. The summed E-state index contributed by atoms with van der Waals surface area (Å²) in [5, 5.41) is 3.68. The molecule has 1 aliphatic rings. The van der Waals surface area contributed by atoms with Crippen LogP contribution in [-0.4, -0.2) is 16.1 Å². The molecule has 0 saturated heterocycles. The minimum atomic E-state index is -0.266. The van der Waals surface area contributed by atoms with E-state index < -0.39 is 0 Å². The molecule has 1 aliphatic carbocycles. The van der Waals surface area contributed by atoms with Gasteiger partial charge in [-0.2, -0.15) is 4.37 Å². The maximum absolute atomic E-state index is 12.9. The van der Waals surface area contributed by atoms with Crippen LogP contribution in [-0.2, 0) is 4.79 Å². The number of rotatable bonds is 4. The van der Waals surface area contributed by atoms with Crippen LogP contribution >= 0.6 is 27.5 Å². The first-order chi connectivity index (χ1) is 11.5. The third kappa shape index (κ3) is 3.92. The van der Waals surface area contributed by atoms with Gasteiger partial charge in [-0.15, -0.1) is 0 Å². The van der Waals surface area contributed by atoms with Crippen molar-refractivity contribution in [3.05, 3.63) is 46.1 Å². The Morgan fingerprint density at radius 1 is 1.17 bits per heavy atom. The number of amides is 1. The molecule has 4 nitrogen and oxygen atoms in total. The number of nitrogens with zero attached hydrogens (tertiary/aromatic N) is 1. The number of ketones is 1. The zero-order chi connectivity index (χ0) is 17.1. The Morgan fingerprint density at radius 3 is 2.46 bits per heavy atom. The topological polar surface area (TPSA) is 59.1 Å². The fourth-order valence-corrected chi connectivity index (χ4v) is 4.15. The molecule has 1 aromatic heterocycles. The SMILES string of the molecule is Cc1cc(NC(=O)C2CCCCC2C(=O)c2ccc(Br)cc2)sn1. The van der Waals surface area contributed by atoms with E-state index in [0.29, 0.717) is 5.56 Å². The van der Waals surface area contributed by atoms with Gasteiger partial charge >= 0.3 is 0 Å². The fraction of sp³-hybridized carbons (Fsp3) is 0.389. The molecule has 0 aliphatic heterocycles. The lowest BCUT2D eigenvalue weighted by Crippen LogP contribution is -2.36. The van der Waals surface area contributed by atoms with E-state index in [4.69, 9.17) is 0 Å². The molecular formula is C18H19BrN2O2S. The normalized spacial score (nSPS) is 20.6. The molecule has 1 aromatic carbocycles. The van der Waals surface area contributed by atoms with Crippen molar-refractivity contribution < 1.29 is 9.59 Å². The maximum Gasteiger partial charge on any atom is 0.228 e. The van der Waals surface area contributed by atoms with Gasteiger partial charge in [-0.3, -0.25) is 9.59 Å². The molecule has 1 amide bonds. The third-order valence-electron chi connectivity index (χ3n) is 4.44. The van der Waals surface area contributed by atoms with Crippen molar-refractivity contribution in [2.45, 2.75) is 32.6 Å². The lowest BCUT2D eigenvalue weighted by Gasteiger charge is -2.29. The van der Waals surface area contributed by atoms with Crippen molar-refractivity contribution in [2.24, 2.45) is 11.8 Å². The molecule has 2 atom stereocenters. The van der Waals surface area contributed by atoms with Crippen molar-refractivity contribution >= 4 is 44.2 Å². The number of halogens is 1. The van der Waals surface area contributed by atoms with Gasteiger partial charge in [0.2, 0.25) is 5.91 Å². The summed E-state index contributed by atoms with van der Waals surface area (Å²) in [6.07, 6.45) is 3.52. The van der Waals surface area contributed by atoms with Crippen LogP contribution in [0, 0.1) is 18.8 Å². The Bertz CT molecular complexity index is 742. The van der Waals surface area contributed by atoms with Crippen molar-refractivity contribution in [1.29, 1.82) is 0 Å². The number of nitrogens with one attached hydrogen (secondary N) is 1. The maximum atomic E-state index is 12.9. The summed E-state index contributed by atoms with van der Waals surface area (Å²) >= 11 is 4.66. The predicted molar refractivity (Wildman–Crippen MR) is 99.4 cm³/mol. The Kier molecular flexibility index (Phi) is 5.46. The van der Waals surface area contributed by atoms with Gasteiger partial charge in [0.1, 0.15) is 5.00 Å². The van der Waals surface area contributed by atoms with E-state index >= 15 is 0 Å². The average molecular weight is 407 g/mol. The standard InChI is InChI=1S/C18H19BrN2O2S/c1-11-10-16(24-21-11)20-18(23)15-5-3-2-4-14(15)17(22)12-6-8-13(19)9-7-12/h6-10,14-15H,2-5H2,1H3,(H,20,23). The first kappa shape index (κ1) is 17.3. The molecule has 1 N–H and O–H groups in total. The summed E-state index contributed by atoms with van der Waals surface area (Å²) in [6.45, 7) is 1.90. The minimum absolute atomic E-state index is 0.0613. The molecule has 3 rings (SSSR count). The molecule has 2 aromatic rings. The first-order valence-corrected chi connectivity index (χ1v) is 9.65. The molecular weight excluding hydrogens is 388 g/mol. The van der Waals surface area contributed by atoms with Crippen LogP contribution in [0.1, 0.15) is 41.7 Å². The van der Waals surface area contributed by atoms with Crippen molar-refractivity contribution in [2.75, 3.05) is 5.32 Å². The van der Waals surface area contributed by atoms with Crippen LogP contribution in [0.15, 0.2) is 34.8 Å². The molecule has 0 radical (unpaired) electrons. The number of hydrogen-bond donors (Lipinski definition) is 1. The molecule has 6 heteroatoms. The van der Waals surface area contributed by atoms with Gasteiger partial charge in [0, 0.05) is 21.9 Å². The predicted octanol–water partition coefficient (Wildman–Crippen LogP) is 4.84. The van der Waals surface area contributed by atoms with E-state index in [1.165, 1.54) is 11.5 Å². The zero-order valence-electron chi connectivity index (χ0n) is 13.4. The zero-order valence-corrected chi connectivity index (χ0v) is 15.8. The van der Waals surface area contributed by atoms with Crippen molar-refractivity contribution in [1.82, 2.24) is 4.37 Å². The lowest BCUT2D eigenvalue weighted by molar-refractivity contribution is -0.121. The van der Waals surface area contributed by atoms with Crippen LogP contribution < -0.4 is 5.32 Å². The van der Waals surface area contributed by atoms with E-state index in [1.54, 1.807) is 0 Å². The highest BCUT2D eigenvalue weighted by Gasteiger charge is 2.36. The number of anilines is 1. The molecule has 1 heterocycles. The van der Waals surface area contributed by atoms with Gasteiger partial charge in [-0.25, -0.2) is 0 Å². The van der Waals surface area contributed by atoms with E-state index in [1.807, 2.05) is 37.3 Å². The fourth-order valence-electron chi connectivity index (χ4n) is 3.22. The summed E-state index contributed by atoms with van der Waals surface area (Å²) < 4.78 is 5.12. The second-order valence-corrected chi connectivity index (χ2v) is 7.91. The van der Waals surface area contributed by atoms with Crippen LogP contribution in [0.3, 0.4) is 0 Å². The van der Waals surface area contributed by atoms with Crippen LogP contribution in [0.2, 0.25) is 0 Å².